The van der Waals surface area contributed by atoms with E-state index < -0.39 is 20.3 Å². The maximum Gasteiger partial charge on any atom is 0.280 e. The van der Waals surface area contributed by atoms with Crippen LogP contribution in [-0.4, -0.2) is 28.8 Å². The van der Waals surface area contributed by atoms with Gasteiger partial charge in [0.05, 0.1) is 32.2 Å². The molecule has 0 spiro atoms. The van der Waals surface area contributed by atoms with E-state index in [0.29, 0.717) is 0 Å². The van der Waals surface area contributed by atoms with Gasteiger partial charge in [-0.15, -0.1) is 0 Å². The number of nitro groups is 1. The molecule has 2 aromatic carbocycles. The fourth-order valence-corrected chi connectivity index (χ4v) is 3.65. The summed E-state index contributed by atoms with van der Waals surface area (Å²) >= 11 is 5.95. The van der Waals surface area contributed by atoms with Crippen LogP contribution < -0.4 is 11.0 Å². The van der Waals surface area contributed by atoms with Crippen molar-refractivity contribution in [3.8, 4) is 0 Å². The predicted octanol–water partition coefficient (Wildman–Crippen LogP) is 2.63. The normalized spacial score (nSPS) is 11.5. The number of fused-ring (bicyclic) bond motifs is 1. The number of benzene rings is 2. The molecule has 1 aromatic heterocycles. The average molecular weight is 409 g/mol. The van der Waals surface area contributed by atoms with Gasteiger partial charge in [-0.25, -0.2) is 18.1 Å². The van der Waals surface area contributed by atoms with Crippen LogP contribution in [0.25, 0.3) is 10.9 Å². The molecule has 0 aliphatic rings. The first kappa shape index (κ1) is 18.8. The number of nitro benzene ring substituents is 1. The van der Waals surface area contributed by atoms with E-state index in [0.717, 1.165) is 10.7 Å². The minimum Gasteiger partial charge on any atom is -0.289 e. The van der Waals surface area contributed by atoms with Gasteiger partial charge < -0.3 is 0 Å². The summed E-state index contributed by atoms with van der Waals surface area (Å²) in [6.45, 7) is 1.50. The minimum atomic E-state index is -3.59. The molecule has 1 heterocycles. The molecule has 0 radical (unpaired) electrons. The highest BCUT2D eigenvalue weighted by molar-refractivity contribution is 7.91. The second kappa shape index (κ2) is 6.97. The van der Waals surface area contributed by atoms with Crippen LogP contribution in [0.5, 0.6) is 0 Å². The topological polar surface area (TPSA) is 124 Å². The molecular weight excluding hydrogens is 396 g/mol. The summed E-state index contributed by atoms with van der Waals surface area (Å²) in [4.78, 5) is 27.0. The molecule has 0 unspecified atom stereocenters. The Morgan fingerprint density at radius 3 is 2.67 bits per heavy atom. The summed E-state index contributed by atoms with van der Waals surface area (Å²) in [5, 5.41) is 11.2. The van der Waals surface area contributed by atoms with Crippen molar-refractivity contribution in [3.63, 3.8) is 0 Å². The first-order valence-electron chi connectivity index (χ1n) is 7.68. The van der Waals surface area contributed by atoms with Gasteiger partial charge in [-0.05, 0) is 24.3 Å². The van der Waals surface area contributed by atoms with E-state index in [1.807, 2.05) is 0 Å². The molecule has 27 heavy (non-hydrogen) atoms. The molecule has 9 nitrogen and oxygen atoms in total. The molecule has 0 saturated carbocycles. The Morgan fingerprint density at radius 1 is 1.26 bits per heavy atom. The zero-order chi connectivity index (χ0) is 19.8. The molecule has 0 amide bonds. The third kappa shape index (κ3) is 3.62. The first-order valence-corrected chi connectivity index (χ1v) is 9.71. The number of anilines is 1. The third-order valence-corrected chi connectivity index (χ3v) is 5.87. The van der Waals surface area contributed by atoms with Crippen LogP contribution in [0.4, 0.5) is 11.4 Å². The Labute approximate surface area is 158 Å². The number of nitrogens with one attached hydrogen (secondary N) is 1. The second-order valence-corrected chi connectivity index (χ2v) is 8.22. The summed E-state index contributed by atoms with van der Waals surface area (Å²) in [6.07, 6.45) is 1.17. The molecule has 11 heteroatoms. The van der Waals surface area contributed by atoms with Crippen LogP contribution in [0.15, 0.2) is 52.4 Å². The van der Waals surface area contributed by atoms with Gasteiger partial charge in [-0.2, -0.15) is 0 Å². The number of nitrogens with zero attached hydrogens (tertiary/aromatic N) is 3. The Morgan fingerprint density at radius 2 is 2.00 bits per heavy atom. The number of aromatic nitrogens is 2. The predicted molar refractivity (Wildman–Crippen MR) is 101 cm³/mol. The van der Waals surface area contributed by atoms with Crippen LogP contribution in [-0.2, 0) is 9.84 Å². The SMILES string of the molecule is CCS(=O)(=O)c1ccc(Cl)cc1Nn1cnc2ccc([N+](=O)[O-])cc2c1=O. The van der Waals surface area contributed by atoms with E-state index in [9.17, 15) is 23.3 Å². The molecule has 1 N–H and O–H groups in total. The van der Waals surface area contributed by atoms with E-state index >= 15 is 0 Å². The summed E-state index contributed by atoms with van der Waals surface area (Å²) in [5.41, 5.74) is 2.17. The third-order valence-electron chi connectivity index (χ3n) is 3.85. The van der Waals surface area contributed by atoms with Crippen LogP contribution >= 0.6 is 11.6 Å². The lowest BCUT2D eigenvalue weighted by Crippen LogP contribution is -2.27. The molecule has 3 aromatic rings. The Bertz CT molecular complexity index is 1220. The van der Waals surface area contributed by atoms with Gasteiger partial charge >= 0.3 is 0 Å². The first-order chi connectivity index (χ1) is 12.7. The average Bonchev–Trinajstić information content (AvgIpc) is 2.63. The van der Waals surface area contributed by atoms with Crippen molar-refractivity contribution in [1.82, 2.24) is 9.66 Å². The van der Waals surface area contributed by atoms with Crippen LogP contribution in [0.2, 0.25) is 5.02 Å². The smallest absolute Gasteiger partial charge is 0.280 e. The zero-order valence-corrected chi connectivity index (χ0v) is 15.5. The van der Waals surface area contributed by atoms with Gasteiger partial charge in [0.25, 0.3) is 11.2 Å². The van der Waals surface area contributed by atoms with E-state index in [1.165, 1.54) is 43.6 Å². The van der Waals surface area contributed by atoms with Gasteiger partial charge in [-0.3, -0.25) is 20.3 Å². The van der Waals surface area contributed by atoms with Gasteiger partial charge in [0.1, 0.15) is 6.33 Å². The Kier molecular flexibility index (Phi) is 4.85. The van der Waals surface area contributed by atoms with Crippen LogP contribution in [0, 0.1) is 10.1 Å². The van der Waals surface area contributed by atoms with Crippen molar-refractivity contribution in [2.24, 2.45) is 0 Å². The number of hydrogen-bond acceptors (Lipinski definition) is 7. The highest BCUT2D eigenvalue weighted by atomic mass is 35.5. The van der Waals surface area contributed by atoms with Crippen LogP contribution in [0.3, 0.4) is 0 Å². The molecule has 0 bridgehead atoms. The Hall–Kier alpha value is -2.98. The molecular formula is C16H13ClN4O5S. The lowest BCUT2D eigenvalue weighted by molar-refractivity contribution is -0.384. The monoisotopic (exact) mass is 408 g/mol. The highest BCUT2D eigenvalue weighted by Crippen LogP contribution is 2.26. The fraction of sp³-hybridized carbons (Fsp3) is 0.125. The zero-order valence-electron chi connectivity index (χ0n) is 13.9. The van der Waals surface area contributed by atoms with Crippen molar-refractivity contribution in [1.29, 1.82) is 0 Å². The molecule has 140 valence electrons. The fourth-order valence-electron chi connectivity index (χ4n) is 2.45. The van der Waals surface area contributed by atoms with Crippen LogP contribution in [0.1, 0.15) is 6.92 Å². The maximum absolute atomic E-state index is 12.7. The molecule has 0 saturated heterocycles. The van der Waals surface area contributed by atoms with Crippen molar-refractivity contribution in [2.75, 3.05) is 11.2 Å². The van der Waals surface area contributed by atoms with Gasteiger partial charge in [0.2, 0.25) is 0 Å². The number of sulfone groups is 1. The Balaban J connectivity index is 2.15. The summed E-state index contributed by atoms with van der Waals surface area (Å²) < 4.78 is 25.5. The number of rotatable bonds is 5. The number of non-ortho nitro benzene ring substituents is 1. The van der Waals surface area contributed by atoms with Gasteiger partial charge in [0.15, 0.2) is 9.84 Å². The molecule has 0 aliphatic heterocycles. The van der Waals surface area contributed by atoms with Crippen molar-refractivity contribution >= 4 is 43.7 Å². The molecule has 0 atom stereocenters. The highest BCUT2D eigenvalue weighted by Gasteiger charge is 2.18. The maximum atomic E-state index is 12.7. The molecule has 3 rings (SSSR count). The number of halogens is 1. The largest absolute Gasteiger partial charge is 0.289 e. The lowest BCUT2D eigenvalue weighted by Gasteiger charge is -2.14. The lowest BCUT2D eigenvalue weighted by atomic mass is 10.2. The van der Waals surface area contributed by atoms with Crippen molar-refractivity contribution in [3.05, 3.63) is 68.2 Å². The summed E-state index contributed by atoms with van der Waals surface area (Å²) in [6, 6.07) is 7.87. The van der Waals surface area contributed by atoms with Gasteiger partial charge in [0, 0.05) is 17.2 Å². The standard InChI is InChI=1S/C16H13ClN4O5S/c1-2-27(25,26)15-6-3-10(17)7-14(15)19-20-9-18-13-5-4-11(21(23)24)8-12(13)16(20)22/h3-9,19H,2H2,1H3. The van der Waals surface area contributed by atoms with Crippen molar-refractivity contribution < 1.29 is 13.3 Å². The van der Waals surface area contributed by atoms with E-state index in [1.54, 1.807) is 0 Å². The van der Waals surface area contributed by atoms with E-state index in [2.05, 4.69) is 10.4 Å². The second-order valence-electron chi connectivity index (χ2n) is 5.53. The van der Waals surface area contributed by atoms with Crippen molar-refractivity contribution in [2.45, 2.75) is 11.8 Å². The summed E-state index contributed by atoms with van der Waals surface area (Å²) in [5.74, 6) is -0.139. The van der Waals surface area contributed by atoms with E-state index in [-0.39, 0.29) is 37.9 Å². The minimum absolute atomic E-state index is 0.0149. The molecule has 0 fully saturated rings. The number of hydrogen-bond donors (Lipinski definition) is 1. The van der Waals surface area contributed by atoms with Gasteiger partial charge in [-0.1, -0.05) is 18.5 Å². The quantitative estimate of drug-likeness (QED) is 0.508. The van der Waals surface area contributed by atoms with E-state index in [4.69, 9.17) is 11.6 Å². The molecule has 0 aliphatic carbocycles. The summed E-state index contributed by atoms with van der Waals surface area (Å²) in [7, 11) is -3.59.